The zero-order valence-electron chi connectivity index (χ0n) is 17.2. The number of carbonyl (C=O) groups excluding carboxylic acids is 3. The van der Waals surface area contributed by atoms with Crippen molar-refractivity contribution in [3.63, 3.8) is 0 Å². The molecule has 12 heteroatoms. The van der Waals surface area contributed by atoms with Gasteiger partial charge in [0.2, 0.25) is 0 Å². The number of amides is 2. The lowest BCUT2D eigenvalue weighted by atomic mass is 10.0. The summed E-state index contributed by atoms with van der Waals surface area (Å²) in [6.07, 6.45) is 2.62. The maximum atomic E-state index is 12.1. The number of ether oxygens (including phenoxy) is 2. The summed E-state index contributed by atoms with van der Waals surface area (Å²) in [5, 5.41) is 14.1. The molecule has 1 rings (SSSR count). The molecule has 1 atom stereocenters. The fourth-order valence-electron chi connectivity index (χ4n) is 2.37. The first kappa shape index (κ1) is 24.6. The SMILES string of the molecule is CCOC(=O)[C@@H](CC(C)C)NC(=O)OC[n+]1cccc(C(=O)NCCO[N+](=O)[O-])c1. The third kappa shape index (κ3) is 9.66. The minimum Gasteiger partial charge on any atom is -0.464 e. The van der Waals surface area contributed by atoms with Crippen LogP contribution in [-0.4, -0.2) is 48.9 Å². The van der Waals surface area contributed by atoms with Gasteiger partial charge in [-0.05, 0) is 25.3 Å². The van der Waals surface area contributed by atoms with Crippen LogP contribution in [0.4, 0.5) is 4.79 Å². The van der Waals surface area contributed by atoms with Crippen LogP contribution >= 0.6 is 0 Å². The highest BCUT2D eigenvalue weighted by atomic mass is 16.9. The zero-order valence-corrected chi connectivity index (χ0v) is 17.2. The van der Waals surface area contributed by atoms with Gasteiger partial charge in [0, 0.05) is 12.6 Å². The molecule has 30 heavy (non-hydrogen) atoms. The quantitative estimate of drug-likeness (QED) is 0.162. The van der Waals surface area contributed by atoms with E-state index in [4.69, 9.17) is 9.47 Å². The van der Waals surface area contributed by atoms with Crippen LogP contribution in [0.3, 0.4) is 0 Å². The number of alkyl carbamates (subject to hydrolysis) is 1. The predicted molar refractivity (Wildman–Crippen MR) is 101 cm³/mol. The molecule has 1 aromatic rings. The van der Waals surface area contributed by atoms with E-state index in [2.05, 4.69) is 15.5 Å². The molecule has 0 radical (unpaired) electrons. The Morgan fingerprint density at radius 2 is 2.00 bits per heavy atom. The molecule has 166 valence electrons. The van der Waals surface area contributed by atoms with Crippen molar-refractivity contribution in [2.45, 2.75) is 40.0 Å². The molecule has 0 bridgehead atoms. The van der Waals surface area contributed by atoms with Crippen molar-refractivity contribution in [3.05, 3.63) is 40.2 Å². The van der Waals surface area contributed by atoms with Gasteiger partial charge in [0.1, 0.15) is 18.2 Å². The molecule has 0 aliphatic carbocycles. The first-order valence-electron chi connectivity index (χ1n) is 9.37. The number of hydrogen-bond donors (Lipinski definition) is 2. The fraction of sp³-hybridized carbons (Fsp3) is 0.556. The Labute approximate surface area is 173 Å². The summed E-state index contributed by atoms with van der Waals surface area (Å²) in [4.78, 5) is 50.2. The summed E-state index contributed by atoms with van der Waals surface area (Å²) in [5.74, 6) is -0.851. The molecule has 0 aliphatic heterocycles. The van der Waals surface area contributed by atoms with Crippen LogP contribution in [0.15, 0.2) is 24.5 Å². The van der Waals surface area contributed by atoms with Crippen LogP contribution in [0, 0.1) is 16.0 Å². The van der Waals surface area contributed by atoms with Gasteiger partial charge in [-0.2, -0.15) is 4.57 Å². The Hall–Kier alpha value is -3.44. The highest BCUT2D eigenvalue weighted by Gasteiger charge is 2.24. The third-order valence-electron chi connectivity index (χ3n) is 3.62. The number of aromatic nitrogens is 1. The molecular weight excluding hydrogens is 400 g/mol. The standard InChI is InChI=1S/C18H26N4O8/c1-4-28-17(24)15(10-13(2)3)20-18(25)29-12-21-8-5-6-14(11-21)16(23)19-7-9-30-22(26)27/h5-6,8,11,13,15H,4,7,9-10,12H2,1-3H3,(H-,19,20,23,25)/p+1/t15-/m1/s1. The lowest BCUT2D eigenvalue weighted by molar-refractivity contribution is -0.757. The summed E-state index contributed by atoms with van der Waals surface area (Å²) in [6.45, 7) is 5.19. The van der Waals surface area contributed by atoms with Crippen LogP contribution < -0.4 is 15.2 Å². The second kappa shape index (κ2) is 12.9. The van der Waals surface area contributed by atoms with Gasteiger partial charge in [-0.3, -0.25) is 4.79 Å². The van der Waals surface area contributed by atoms with E-state index in [-0.39, 0.29) is 38.0 Å². The van der Waals surface area contributed by atoms with Crippen molar-refractivity contribution in [3.8, 4) is 0 Å². The number of hydrogen-bond acceptors (Lipinski definition) is 8. The minimum absolute atomic E-state index is 0.0429. The molecule has 0 aromatic carbocycles. The van der Waals surface area contributed by atoms with Crippen molar-refractivity contribution in [2.75, 3.05) is 19.8 Å². The molecule has 12 nitrogen and oxygen atoms in total. The van der Waals surface area contributed by atoms with Crippen LogP contribution in [0.1, 0.15) is 37.6 Å². The smallest absolute Gasteiger partial charge is 0.412 e. The van der Waals surface area contributed by atoms with E-state index in [0.717, 1.165) is 0 Å². The summed E-state index contributed by atoms with van der Waals surface area (Å²) >= 11 is 0. The molecule has 0 fully saturated rings. The summed E-state index contributed by atoms with van der Waals surface area (Å²) < 4.78 is 11.5. The van der Waals surface area contributed by atoms with E-state index >= 15 is 0 Å². The molecule has 0 spiro atoms. The molecule has 1 aromatic heterocycles. The first-order chi connectivity index (χ1) is 14.2. The Kier molecular flexibility index (Phi) is 10.6. The van der Waals surface area contributed by atoms with E-state index in [1.165, 1.54) is 16.8 Å². The summed E-state index contributed by atoms with van der Waals surface area (Å²) in [6, 6.07) is 2.28. The van der Waals surface area contributed by atoms with Gasteiger partial charge in [-0.25, -0.2) is 9.59 Å². The van der Waals surface area contributed by atoms with E-state index in [0.29, 0.717) is 6.42 Å². The van der Waals surface area contributed by atoms with Crippen molar-refractivity contribution < 1.29 is 38.3 Å². The molecule has 0 saturated carbocycles. The van der Waals surface area contributed by atoms with Crippen molar-refractivity contribution in [2.24, 2.45) is 5.92 Å². The largest absolute Gasteiger partial charge is 0.464 e. The number of pyridine rings is 1. The van der Waals surface area contributed by atoms with Crippen LogP contribution in [-0.2, 0) is 25.8 Å². The Morgan fingerprint density at radius 3 is 2.63 bits per heavy atom. The highest BCUT2D eigenvalue weighted by Crippen LogP contribution is 2.07. The Morgan fingerprint density at radius 1 is 1.27 bits per heavy atom. The number of carbonyl (C=O) groups is 3. The molecule has 2 amide bonds. The molecule has 0 unspecified atom stereocenters. The van der Waals surface area contributed by atoms with Gasteiger partial charge in [-0.1, -0.05) is 13.8 Å². The minimum atomic E-state index is -0.946. The van der Waals surface area contributed by atoms with Crippen LogP contribution in [0.5, 0.6) is 0 Å². The Bertz CT molecular complexity index is 741. The summed E-state index contributed by atoms with van der Waals surface area (Å²) in [5.41, 5.74) is 0.256. The lowest BCUT2D eigenvalue weighted by Crippen LogP contribution is -2.45. The number of esters is 1. The van der Waals surface area contributed by atoms with Gasteiger partial charge < -0.3 is 24.9 Å². The second-order valence-electron chi connectivity index (χ2n) is 6.56. The van der Waals surface area contributed by atoms with E-state index in [1.807, 2.05) is 13.8 Å². The van der Waals surface area contributed by atoms with Gasteiger partial charge >= 0.3 is 12.1 Å². The van der Waals surface area contributed by atoms with Gasteiger partial charge in [-0.15, -0.1) is 10.1 Å². The van der Waals surface area contributed by atoms with Crippen molar-refractivity contribution in [1.29, 1.82) is 0 Å². The molecule has 1 heterocycles. The van der Waals surface area contributed by atoms with Crippen LogP contribution in [0.2, 0.25) is 0 Å². The number of rotatable bonds is 12. The van der Waals surface area contributed by atoms with Gasteiger partial charge in [0.05, 0.1) is 6.61 Å². The highest BCUT2D eigenvalue weighted by molar-refractivity contribution is 5.93. The first-order valence-corrected chi connectivity index (χ1v) is 9.37. The van der Waals surface area contributed by atoms with Crippen molar-refractivity contribution in [1.82, 2.24) is 10.6 Å². The van der Waals surface area contributed by atoms with E-state index in [1.54, 1.807) is 19.2 Å². The maximum absolute atomic E-state index is 12.1. The van der Waals surface area contributed by atoms with E-state index < -0.39 is 29.1 Å². The molecule has 0 saturated heterocycles. The fourth-order valence-corrected chi connectivity index (χ4v) is 2.37. The Balaban J connectivity index is 2.57. The normalized spacial score (nSPS) is 11.3. The number of nitrogens with one attached hydrogen (secondary N) is 2. The maximum Gasteiger partial charge on any atom is 0.412 e. The molecule has 0 aliphatic rings. The van der Waals surface area contributed by atoms with Gasteiger partial charge in [0.25, 0.3) is 17.7 Å². The predicted octanol–water partition coefficient (Wildman–Crippen LogP) is 0.574. The van der Waals surface area contributed by atoms with Crippen molar-refractivity contribution >= 4 is 18.0 Å². The topological polar surface area (TPSA) is 150 Å². The van der Waals surface area contributed by atoms with Gasteiger partial charge in [0.15, 0.2) is 12.4 Å². The lowest BCUT2D eigenvalue weighted by Gasteiger charge is -2.18. The zero-order chi connectivity index (χ0) is 22.5. The third-order valence-corrected chi connectivity index (χ3v) is 3.62. The molecular formula is C18H27N4O8+. The monoisotopic (exact) mass is 427 g/mol. The van der Waals surface area contributed by atoms with E-state index in [9.17, 15) is 24.5 Å². The molecule has 2 N–H and O–H groups in total. The average molecular weight is 427 g/mol. The summed E-state index contributed by atoms with van der Waals surface area (Å²) in [7, 11) is 0. The second-order valence-corrected chi connectivity index (χ2v) is 6.56. The number of nitrogens with zero attached hydrogens (tertiary/aromatic N) is 2. The average Bonchev–Trinajstić information content (AvgIpc) is 2.69. The van der Waals surface area contributed by atoms with Crippen LogP contribution in [0.25, 0.3) is 0 Å².